The van der Waals surface area contributed by atoms with E-state index in [-0.39, 0.29) is 0 Å². The average molecular weight is 238 g/mol. The third-order valence-corrected chi connectivity index (χ3v) is 4.25. The number of nitrogens with zero attached hydrogens (tertiary/aromatic N) is 3. The van der Waals surface area contributed by atoms with Crippen LogP contribution in [0.4, 0.5) is 5.95 Å². The highest BCUT2D eigenvalue weighted by Gasteiger charge is 2.14. The Morgan fingerprint density at radius 2 is 2.12 bits per heavy atom. The van der Waals surface area contributed by atoms with Crippen LogP contribution in [0.2, 0.25) is 0 Å². The van der Waals surface area contributed by atoms with Crippen LogP contribution in [0.15, 0.2) is 0 Å². The van der Waals surface area contributed by atoms with Crippen LogP contribution in [0.3, 0.4) is 0 Å². The smallest absolute Gasteiger partial charge is 0.242 e. The second kappa shape index (κ2) is 5.48. The Hall–Kier alpha value is -0.840. The number of hydrogen-bond donors (Lipinski definition) is 1. The van der Waals surface area contributed by atoms with Crippen molar-refractivity contribution in [3.8, 4) is 0 Å². The van der Waals surface area contributed by atoms with Gasteiger partial charge in [0, 0.05) is 11.8 Å². The molecule has 2 rings (SSSR count). The minimum atomic E-state index is 0.661. The molecule has 1 aromatic rings. The molecular weight excluding hydrogens is 220 g/mol. The highest BCUT2D eigenvalue weighted by atomic mass is 32.2. The van der Waals surface area contributed by atoms with Crippen LogP contribution in [-0.2, 0) is 0 Å². The molecule has 1 N–H and O–H groups in total. The lowest BCUT2D eigenvalue weighted by Gasteiger charge is -2.21. The van der Waals surface area contributed by atoms with Crippen molar-refractivity contribution in [2.45, 2.75) is 38.4 Å². The van der Waals surface area contributed by atoms with E-state index in [1.165, 1.54) is 25.0 Å². The summed E-state index contributed by atoms with van der Waals surface area (Å²) in [6.07, 6.45) is 4.02. The quantitative estimate of drug-likeness (QED) is 0.874. The largest absolute Gasteiger partial charge is 0.352 e. The lowest BCUT2D eigenvalue weighted by atomic mass is 10.2. The van der Waals surface area contributed by atoms with E-state index in [9.17, 15) is 0 Å². The summed E-state index contributed by atoms with van der Waals surface area (Å²) in [4.78, 5) is 4.36. The standard InChI is InChI=1S/C11H18N4S/c1-8-9(2)14-15-11(13-8)12-7-10-5-3-4-6-16-10/h10H,3-7H2,1-2H3,(H,12,13,15). The first-order valence-electron chi connectivity index (χ1n) is 5.79. The molecule has 0 radical (unpaired) electrons. The zero-order valence-electron chi connectivity index (χ0n) is 9.86. The molecule has 1 atom stereocenters. The number of aryl methyl sites for hydroxylation is 2. The van der Waals surface area contributed by atoms with Gasteiger partial charge in [-0.2, -0.15) is 16.9 Å². The van der Waals surface area contributed by atoms with E-state index in [2.05, 4.69) is 32.3 Å². The Morgan fingerprint density at radius 3 is 2.81 bits per heavy atom. The van der Waals surface area contributed by atoms with Crippen molar-refractivity contribution in [1.82, 2.24) is 15.2 Å². The minimum Gasteiger partial charge on any atom is -0.352 e. The molecule has 1 aliphatic rings. The molecule has 2 heterocycles. The summed E-state index contributed by atoms with van der Waals surface area (Å²) in [5.74, 6) is 1.95. The van der Waals surface area contributed by atoms with E-state index in [4.69, 9.17) is 0 Å². The van der Waals surface area contributed by atoms with Gasteiger partial charge in [-0.1, -0.05) is 6.42 Å². The molecule has 1 saturated heterocycles. The van der Waals surface area contributed by atoms with E-state index in [1.807, 2.05) is 13.8 Å². The van der Waals surface area contributed by atoms with Crippen molar-refractivity contribution in [2.24, 2.45) is 0 Å². The van der Waals surface area contributed by atoms with Crippen molar-refractivity contribution in [3.05, 3.63) is 11.4 Å². The first kappa shape index (κ1) is 11.6. The second-order valence-corrected chi connectivity index (χ2v) is 5.58. The third-order valence-electron chi connectivity index (χ3n) is 2.85. The first-order valence-corrected chi connectivity index (χ1v) is 6.84. The molecule has 1 fully saturated rings. The number of anilines is 1. The lowest BCUT2D eigenvalue weighted by Crippen LogP contribution is -2.21. The Labute approximate surface area is 101 Å². The van der Waals surface area contributed by atoms with Crippen LogP contribution in [0.1, 0.15) is 30.7 Å². The highest BCUT2D eigenvalue weighted by molar-refractivity contribution is 7.99. The molecule has 1 aliphatic heterocycles. The molecule has 0 aromatic carbocycles. The van der Waals surface area contributed by atoms with E-state index in [0.29, 0.717) is 11.2 Å². The Morgan fingerprint density at radius 1 is 1.25 bits per heavy atom. The van der Waals surface area contributed by atoms with Crippen molar-refractivity contribution in [1.29, 1.82) is 0 Å². The molecule has 0 saturated carbocycles. The normalized spacial score (nSPS) is 20.8. The van der Waals surface area contributed by atoms with Gasteiger partial charge in [-0.25, -0.2) is 4.98 Å². The molecule has 1 aromatic heterocycles. The van der Waals surface area contributed by atoms with Crippen LogP contribution in [0, 0.1) is 13.8 Å². The van der Waals surface area contributed by atoms with Gasteiger partial charge in [0.05, 0.1) is 11.4 Å². The summed E-state index contributed by atoms with van der Waals surface area (Å²) >= 11 is 2.05. The fourth-order valence-corrected chi connectivity index (χ4v) is 2.94. The second-order valence-electron chi connectivity index (χ2n) is 4.18. The summed E-state index contributed by atoms with van der Waals surface area (Å²) in [5, 5.41) is 12.1. The third kappa shape index (κ3) is 3.07. The molecule has 5 heteroatoms. The van der Waals surface area contributed by atoms with Crippen molar-refractivity contribution < 1.29 is 0 Å². The van der Waals surface area contributed by atoms with Gasteiger partial charge in [0.15, 0.2) is 0 Å². The first-order chi connectivity index (χ1) is 7.75. The van der Waals surface area contributed by atoms with Crippen LogP contribution < -0.4 is 5.32 Å². The van der Waals surface area contributed by atoms with Gasteiger partial charge in [0.25, 0.3) is 0 Å². The van der Waals surface area contributed by atoms with Crippen LogP contribution in [0.25, 0.3) is 0 Å². The molecule has 0 bridgehead atoms. The predicted molar refractivity (Wildman–Crippen MR) is 67.9 cm³/mol. The van der Waals surface area contributed by atoms with Crippen LogP contribution in [0.5, 0.6) is 0 Å². The monoisotopic (exact) mass is 238 g/mol. The molecule has 16 heavy (non-hydrogen) atoms. The summed E-state index contributed by atoms with van der Waals surface area (Å²) in [6.45, 7) is 4.84. The van der Waals surface area contributed by atoms with Crippen molar-refractivity contribution >= 4 is 17.7 Å². The molecule has 88 valence electrons. The number of nitrogens with one attached hydrogen (secondary N) is 1. The van der Waals surface area contributed by atoms with E-state index in [1.54, 1.807) is 0 Å². The zero-order chi connectivity index (χ0) is 11.4. The van der Waals surface area contributed by atoms with E-state index >= 15 is 0 Å². The fourth-order valence-electron chi connectivity index (χ4n) is 1.71. The maximum Gasteiger partial charge on any atom is 0.242 e. The maximum atomic E-state index is 4.36. The summed E-state index contributed by atoms with van der Waals surface area (Å²) in [6, 6.07) is 0. The van der Waals surface area contributed by atoms with Gasteiger partial charge >= 0.3 is 0 Å². The molecule has 4 nitrogen and oxygen atoms in total. The summed E-state index contributed by atoms with van der Waals surface area (Å²) in [5.41, 5.74) is 1.85. The summed E-state index contributed by atoms with van der Waals surface area (Å²) < 4.78 is 0. The molecule has 0 aliphatic carbocycles. The predicted octanol–water partition coefficient (Wildman–Crippen LogP) is 2.19. The number of aromatic nitrogens is 3. The van der Waals surface area contributed by atoms with Gasteiger partial charge in [0.2, 0.25) is 5.95 Å². The Kier molecular flexibility index (Phi) is 3.98. The van der Waals surface area contributed by atoms with Crippen LogP contribution in [-0.4, -0.2) is 32.7 Å². The minimum absolute atomic E-state index is 0.661. The van der Waals surface area contributed by atoms with Gasteiger partial charge in [0.1, 0.15) is 0 Å². The topological polar surface area (TPSA) is 50.7 Å². The number of thioether (sulfide) groups is 1. The average Bonchev–Trinajstić information content (AvgIpc) is 2.32. The van der Waals surface area contributed by atoms with Gasteiger partial charge in [-0.05, 0) is 32.4 Å². The lowest BCUT2D eigenvalue weighted by molar-refractivity contribution is 0.675. The summed E-state index contributed by atoms with van der Waals surface area (Å²) in [7, 11) is 0. The van der Waals surface area contributed by atoms with Crippen molar-refractivity contribution in [2.75, 3.05) is 17.6 Å². The SMILES string of the molecule is Cc1nnc(NCC2CCCCS2)nc1C. The van der Waals surface area contributed by atoms with E-state index in [0.717, 1.165) is 17.9 Å². The van der Waals surface area contributed by atoms with Gasteiger partial charge < -0.3 is 5.32 Å². The Bertz CT molecular complexity index is 350. The maximum absolute atomic E-state index is 4.36. The number of hydrogen-bond acceptors (Lipinski definition) is 5. The van der Waals surface area contributed by atoms with E-state index < -0.39 is 0 Å². The molecule has 1 unspecified atom stereocenters. The number of rotatable bonds is 3. The Balaban J connectivity index is 1.86. The molecular formula is C11H18N4S. The van der Waals surface area contributed by atoms with Gasteiger partial charge in [-0.15, -0.1) is 5.10 Å². The highest BCUT2D eigenvalue weighted by Crippen LogP contribution is 2.24. The zero-order valence-corrected chi connectivity index (χ0v) is 10.7. The molecule has 0 amide bonds. The van der Waals surface area contributed by atoms with Crippen molar-refractivity contribution in [3.63, 3.8) is 0 Å². The van der Waals surface area contributed by atoms with Gasteiger partial charge in [-0.3, -0.25) is 0 Å². The molecule has 0 spiro atoms. The van der Waals surface area contributed by atoms with Crippen LogP contribution >= 0.6 is 11.8 Å². The fraction of sp³-hybridized carbons (Fsp3) is 0.727.